The molecule has 45 valence electrons. The number of hydrogen-bond acceptors (Lipinski definition) is 1. The molecule has 0 saturated heterocycles. The predicted molar refractivity (Wildman–Crippen MR) is 30.6 cm³/mol. The molecule has 0 aliphatic heterocycles. The van der Waals surface area contributed by atoms with Gasteiger partial charge in [-0.1, -0.05) is 6.07 Å². The molecular weight excluding hydrogens is 119 g/mol. The molecule has 1 nitrogen and oxygen atoms in total. The van der Waals surface area contributed by atoms with Crippen molar-refractivity contribution in [2.45, 2.75) is 0 Å². The third-order valence-electron chi connectivity index (χ3n) is 0.967. The summed E-state index contributed by atoms with van der Waals surface area (Å²) in [5.41, 5.74) is 0.0532. The van der Waals surface area contributed by atoms with Crippen LogP contribution in [0.25, 0.3) is 0 Å². The summed E-state index contributed by atoms with van der Waals surface area (Å²) in [5.74, 6) is -0.497. The van der Waals surface area contributed by atoms with Crippen molar-refractivity contribution in [3.63, 3.8) is 0 Å². The maximum absolute atomic E-state index is 12.3. The van der Waals surface area contributed by atoms with Crippen LogP contribution in [-0.4, -0.2) is 6.29 Å². The predicted octanol–water partition coefficient (Wildman–Crippen LogP) is 1.44. The summed E-state index contributed by atoms with van der Waals surface area (Å²) in [4.78, 5) is 9.97. The lowest BCUT2D eigenvalue weighted by atomic mass is 10.2. The fourth-order valence-electron chi connectivity index (χ4n) is 0.515. The van der Waals surface area contributed by atoms with Crippen molar-refractivity contribution in [2.24, 2.45) is 0 Å². The van der Waals surface area contributed by atoms with Crippen molar-refractivity contribution in [2.75, 3.05) is 0 Å². The fraction of sp³-hybridized carbons (Fsp3) is 0. The van der Waals surface area contributed by atoms with E-state index in [1.54, 1.807) is 0 Å². The van der Waals surface area contributed by atoms with E-state index < -0.39 is 5.82 Å². The van der Waals surface area contributed by atoms with Crippen LogP contribution in [0.3, 0.4) is 0 Å². The van der Waals surface area contributed by atoms with Crippen LogP contribution < -0.4 is 0 Å². The molecule has 1 radical (unpaired) electrons. The lowest BCUT2D eigenvalue weighted by Gasteiger charge is -1.87. The van der Waals surface area contributed by atoms with Gasteiger partial charge < -0.3 is 0 Å². The first kappa shape index (κ1) is 5.95. The minimum Gasteiger partial charge on any atom is -0.298 e. The molecule has 0 saturated carbocycles. The second kappa shape index (κ2) is 2.40. The molecule has 1 aromatic rings. The zero-order valence-corrected chi connectivity index (χ0v) is 4.60. The molecule has 2 heteroatoms. The second-order valence-corrected chi connectivity index (χ2v) is 1.57. The number of carbonyl (C=O) groups is 1. The molecule has 0 fully saturated rings. The normalized spacial score (nSPS) is 9.00. The van der Waals surface area contributed by atoms with Crippen LogP contribution in [0.5, 0.6) is 0 Å². The third-order valence-corrected chi connectivity index (χ3v) is 0.967. The summed E-state index contributed by atoms with van der Waals surface area (Å²) in [6, 6.07) is 6.51. The Morgan fingerprint density at radius 3 is 2.89 bits per heavy atom. The summed E-state index contributed by atoms with van der Waals surface area (Å²) < 4.78 is 12.3. The molecule has 0 aliphatic carbocycles. The van der Waals surface area contributed by atoms with Gasteiger partial charge in [0.1, 0.15) is 5.82 Å². The van der Waals surface area contributed by atoms with Gasteiger partial charge in [0.2, 0.25) is 0 Å². The average Bonchev–Trinajstić information content (AvgIpc) is 1.89. The summed E-state index contributed by atoms with van der Waals surface area (Å²) in [5, 5.41) is 0. The van der Waals surface area contributed by atoms with E-state index in [0.717, 1.165) is 0 Å². The maximum Gasteiger partial charge on any atom is 0.153 e. The van der Waals surface area contributed by atoms with Gasteiger partial charge in [0.15, 0.2) is 6.29 Å². The molecule has 0 amide bonds. The SMILES string of the molecule is O=Cc1c[c]ccc1F. The third kappa shape index (κ3) is 1.13. The minimum atomic E-state index is -0.497. The van der Waals surface area contributed by atoms with Crippen molar-refractivity contribution in [3.05, 3.63) is 35.6 Å². The molecule has 0 atom stereocenters. The second-order valence-electron chi connectivity index (χ2n) is 1.57. The summed E-state index contributed by atoms with van der Waals surface area (Å²) in [6.07, 6.45) is 0.464. The molecule has 0 unspecified atom stereocenters. The van der Waals surface area contributed by atoms with Gasteiger partial charge in [-0.3, -0.25) is 4.79 Å². The highest BCUT2D eigenvalue weighted by Crippen LogP contribution is 2.00. The Morgan fingerprint density at radius 2 is 2.44 bits per heavy atom. The van der Waals surface area contributed by atoms with Crippen molar-refractivity contribution in [1.82, 2.24) is 0 Å². The Hall–Kier alpha value is -1.18. The number of hydrogen-bond donors (Lipinski definition) is 0. The molecular formula is C7H4FO. The van der Waals surface area contributed by atoms with E-state index in [0.29, 0.717) is 6.29 Å². The largest absolute Gasteiger partial charge is 0.298 e. The van der Waals surface area contributed by atoms with E-state index >= 15 is 0 Å². The van der Waals surface area contributed by atoms with Crippen molar-refractivity contribution in [3.8, 4) is 0 Å². The quantitative estimate of drug-likeness (QED) is 0.516. The van der Waals surface area contributed by atoms with E-state index in [4.69, 9.17) is 0 Å². The average molecular weight is 123 g/mol. The van der Waals surface area contributed by atoms with Gasteiger partial charge in [0.25, 0.3) is 0 Å². The van der Waals surface area contributed by atoms with Gasteiger partial charge in [-0.25, -0.2) is 4.39 Å². The highest BCUT2D eigenvalue weighted by atomic mass is 19.1. The topological polar surface area (TPSA) is 17.1 Å². The first-order chi connectivity index (χ1) is 4.34. The van der Waals surface area contributed by atoms with Crippen LogP contribution in [0.4, 0.5) is 4.39 Å². The Labute approximate surface area is 52.1 Å². The number of benzene rings is 1. The Balaban J connectivity index is 3.15. The number of rotatable bonds is 1. The van der Waals surface area contributed by atoms with Crippen molar-refractivity contribution >= 4 is 6.29 Å². The lowest BCUT2D eigenvalue weighted by molar-refractivity contribution is 0.112. The van der Waals surface area contributed by atoms with Gasteiger partial charge in [-0.2, -0.15) is 0 Å². The van der Waals surface area contributed by atoms with E-state index in [1.165, 1.54) is 18.2 Å². The molecule has 1 rings (SSSR count). The molecule has 9 heavy (non-hydrogen) atoms. The summed E-state index contributed by atoms with van der Waals surface area (Å²) in [7, 11) is 0. The molecule has 0 N–H and O–H groups in total. The number of aldehydes is 1. The lowest BCUT2D eigenvalue weighted by Crippen LogP contribution is -1.83. The molecule has 0 heterocycles. The monoisotopic (exact) mass is 123 g/mol. The first-order valence-electron chi connectivity index (χ1n) is 2.45. The molecule has 0 bridgehead atoms. The first-order valence-corrected chi connectivity index (χ1v) is 2.45. The molecule has 0 aromatic heterocycles. The molecule has 0 aliphatic rings. The van der Waals surface area contributed by atoms with Gasteiger partial charge in [-0.05, 0) is 18.2 Å². The van der Waals surface area contributed by atoms with Crippen LogP contribution in [0.15, 0.2) is 18.2 Å². The van der Waals surface area contributed by atoms with Crippen LogP contribution >= 0.6 is 0 Å². The minimum absolute atomic E-state index is 0.0532. The van der Waals surface area contributed by atoms with E-state index in [-0.39, 0.29) is 5.56 Å². The van der Waals surface area contributed by atoms with Crippen LogP contribution in [0.1, 0.15) is 10.4 Å². The van der Waals surface area contributed by atoms with Gasteiger partial charge >= 0.3 is 0 Å². The van der Waals surface area contributed by atoms with Crippen LogP contribution in [0.2, 0.25) is 0 Å². The Bertz CT molecular complexity index is 220. The van der Waals surface area contributed by atoms with Gasteiger partial charge in [0, 0.05) is 0 Å². The van der Waals surface area contributed by atoms with Crippen molar-refractivity contribution < 1.29 is 9.18 Å². The smallest absolute Gasteiger partial charge is 0.153 e. The zero-order chi connectivity index (χ0) is 6.69. The molecule has 1 aromatic carbocycles. The summed E-state index contributed by atoms with van der Waals surface area (Å²) >= 11 is 0. The Kier molecular flexibility index (Phi) is 1.58. The zero-order valence-electron chi connectivity index (χ0n) is 4.60. The fourth-order valence-corrected chi connectivity index (χ4v) is 0.515. The van der Waals surface area contributed by atoms with Gasteiger partial charge in [0.05, 0.1) is 5.56 Å². The standard InChI is InChI=1S/C7H4FO/c8-7-4-2-1-3-6(7)5-9/h2-5H. The summed E-state index contributed by atoms with van der Waals surface area (Å²) in [6.45, 7) is 0. The number of carbonyl (C=O) groups excluding carboxylic acids is 1. The van der Waals surface area contributed by atoms with E-state index in [2.05, 4.69) is 6.07 Å². The highest BCUT2D eigenvalue weighted by Gasteiger charge is 1.94. The maximum atomic E-state index is 12.3. The van der Waals surface area contributed by atoms with Crippen LogP contribution in [0, 0.1) is 11.9 Å². The highest BCUT2D eigenvalue weighted by molar-refractivity contribution is 5.74. The Morgan fingerprint density at radius 1 is 1.67 bits per heavy atom. The van der Waals surface area contributed by atoms with Gasteiger partial charge in [-0.15, -0.1) is 0 Å². The van der Waals surface area contributed by atoms with Crippen LogP contribution in [-0.2, 0) is 0 Å². The van der Waals surface area contributed by atoms with Crippen molar-refractivity contribution in [1.29, 1.82) is 0 Å². The molecule has 0 spiro atoms. The van der Waals surface area contributed by atoms with E-state index in [9.17, 15) is 9.18 Å². The number of halogens is 1. The van der Waals surface area contributed by atoms with E-state index in [1.807, 2.05) is 0 Å².